The molecule has 4 rings (SSSR count). The van der Waals surface area contributed by atoms with Gasteiger partial charge in [-0.15, -0.1) is 0 Å². The Labute approximate surface area is 159 Å². The lowest BCUT2D eigenvalue weighted by molar-refractivity contribution is -0.132. The number of piperidine rings is 1. The standard InChI is InChI=1S/C22H25N3O2/c1-27-18-9-6-16(7-10-18)8-11-21(26)25-14-12-17(13-15-25)22-23-19-4-2-3-5-20(19)24-22/h2-7,9-10,17H,8,11-15H2,1H3,(H,23,24). The zero-order chi connectivity index (χ0) is 18.6. The second kappa shape index (κ2) is 7.82. The van der Waals surface area contributed by atoms with E-state index >= 15 is 0 Å². The van der Waals surface area contributed by atoms with Gasteiger partial charge in [0.05, 0.1) is 18.1 Å². The number of aryl methyl sites for hydroxylation is 1. The Hall–Kier alpha value is -2.82. The van der Waals surface area contributed by atoms with Crippen LogP contribution in [0.15, 0.2) is 48.5 Å². The number of aromatic nitrogens is 2. The van der Waals surface area contributed by atoms with Gasteiger partial charge in [-0.2, -0.15) is 0 Å². The maximum atomic E-state index is 12.6. The number of benzene rings is 2. The topological polar surface area (TPSA) is 58.2 Å². The number of nitrogens with zero attached hydrogens (tertiary/aromatic N) is 2. The highest BCUT2D eigenvalue weighted by molar-refractivity contribution is 5.77. The van der Waals surface area contributed by atoms with Crippen molar-refractivity contribution in [1.82, 2.24) is 14.9 Å². The van der Waals surface area contributed by atoms with Gasteiger partial charge in [-0.25, -0.2) is 4.98 Å². The average molecular weight is 363 g/mol. The molecule has 3 aromatic rings. The highest BCUT2D eigenvalue weighted by atomic mass is 16.5. The molecule has 1 aliphatic heterocycles. The molecule has 2 heterocycles. The van der Waals surface area contributed by atoms with Crippen molar-refractivity contribution in [2.45, 2.75) is 31.6 Å². The Balaban J connectivity index is 1.29. The molecule has 27 heavy (non-hydrogen) atoms. The molecule has 0 spiro atoms. The van der Waals surface area contributed by atoms with Crippen LogP contribution in [-0.4, -0.2) is 41.0 Å². The van der Waals surface area contributed by atoms with Crippen LogP contribution in [0.1, 0.15) is 36.6 Å². The number of fused-ring (bicyclic) bond motifs is 1. The van der Waals surface area contributed by atoms with Crippen molar-refractivity contribution >= 4 is 16.9 Å². The number of nitrogens with one attached hydrogen (secondary N) is 1. The lowest BCUT2D eigenvalue weighted by atomic mass is 9.95. The fourth-order valence-corrected chi connectivity index (χ4v) is 3.77. The van der Waals surface area contributed by atoms with E-state index in [2.05, 4.69) is 11.1 Å². The van der Waals surface area contributed by atoms with E-state index in [4.69, 9.17) is 9.72 Å². The molecular formula is C22H25N3O2. The minimum absolute atomic E-state index is 0.244. The van der Waals surface area contributed by atoms with Crippen molar-refractivity contribution in [2.75, 3.05) is 20.2 Å². The van der Waals surface area contributed by atoms with Gasteiger partial charge in [0.25, 0.3) is 0 Å². The molecule has 1 saturated heterocycles. The number of imidazole rings is 1. The third-order valence-electron chi connectivity index (χ3n) is 5.43. The molecular weight excluding hydrogens is 338 g/mol. The summed E-state index contributed by atoms with van der Waals surface area (Å²) in [5.74, 6) is 2.55. The highest BCUT2D eigenvalue weighted by Crippen LogP contribution is 2.28. The quantitative estimate of drug-likeness (QED) is 0.748. The number of ether oxygens (including phenoxy) is 1. The summed E-state index contributed by atoms with van der Waals surface area (Å²) in [4.78, 5) is 22.7. The largest absolute Gasteiger partial charge is 0.497 e. The summed E-state index contributed by atoms with van der Waals surface area (Å²) in [6, 6.07) is 16.1. The molecule has 140 valence electrons. The molecule has 1 fully saturated rings. The number of amides is 1. The van der Waals surface area contributed by atoms with Crippen LogP contribution in [0, 0.1) is 0 Å². The van der Waals surface area contributed by atoms with E-state index in [1.54, 1.807) is 7.11 Å². The van der Waals surface area contributed by atoms with Gasteiger partial charge >= 0.3 is 0 Å². The number of methoxy groups -OCH3 is 1. The first-order valence-corrected chi connectivity index (χ1v) is 9.58. The average Bonchev–Trinajstić information content (AvgIpc) is 3.17. The van der Waals surface area contributed by atoms with Crippen molar-refractivity contribution in [3.63, 3.8) is 0 Å². The summed E-state index contributed by atoms with van der Waals surface area (Å²) in [6.45, 7) is 1.62. The molecule has 0 atom stereocenters. The molecule has 1 amide bonds. The zero-order valence-corrected chi connectivity index (χ0v) is 15.6. The van der Waals surface area contributed by atoms with Crippen LogP contribution in [-0.2, 0) is 11.2 Å². The van der Waals surface area contributed by atoms with Crippen LogP contribution in [0.25, 0.3) is 11.0 Å². The Kier molecular flexibility index (Phi) is 5.10. The summed E-state index contributed by atoms with van der Waals surface area (Å²) in [5.41, 5.74) is 3.28. The van der Waals surface area contributed by atoms with Crippen LogP contribution in [0.5, 0.6) is 5.75 Å². The van der Waals surface area contributed by atoms with Crippen LogP contribution in [0.3, 0.4) is 0 Å². The number of hydrogen-bond donors (Lipinski definition) is 1. The molecule has 0 saturated carbocycles. The van der Waals surface area contributed by atoms with E-state index in [0.717, 1.165) is 55.0 Å². The summed E-state index contributed by atoms with van der Waals surface area (Å²) < 4.78 is 5.17. The number of hydrogen-bond acceptors (Lipinski definition) is 3. The predicted octanol–water partition coefficient (Wildman–Crippen LogP) is 3.91. The van der Waals surface area contributed by atoms with E-state index in [9.17, 15) is 4.79 Å². The Morgan fingerprint density at radius 2 is 1.89 bits per heavy atom. The molecule has 5 nitrogen and oxygen atoms in total. The van der Waals surface area contributed by atoms with Crippen LogP contribution in [0.2, 0.25) is 0 Å². The zero-order valence-electron chi connectivity index (χ0n) is 15.6. The summed E-state index contributed by atoms with van der Waals surface area (Å²) in [7, 11) is 1.66. The number of rotatable bonds is 5. The van der Waals surface area contributed by atoms with Crippen LogP contribution >= 0.6 is 0 Å². The minimum atomic E-state index is 0.244. The number of carbonyl (C=O) groups is 1. The first kappa shape index (κ1) is 17.6. The van der Waals surface area contributed by atoms with E-state index in [-0.39, 0.29) is 5.91 Å². The van der Waals surface area contributed by atoms with Crippen LogP contribution < -0.4 is 4.74 Å². The molecule has 0 radical (unpaired) electrons. The monoisotopic (exact) mass is 363 g/mol. The van der Waals surface area contributed by atoms with Crippen molar-refractivity contribution in [1.29, 1.82) is 0 Å². The number of para-hydroxylation sites is 2. The Morgan fingerprint density at radius 1 is 1.15 bits per heavy atom. The molecule has 5 heteroatoms. The lowest BCUT2D eigenvalue weighted by Gasteiger charge is -2.31. The van der Waals surface area contributed by atoms with E-state index in [1.165, 1.54) is 5.56 Å². The third-order valence-corrected chi connectivity index (χ3v) is 5.43. The van der Waals surface area contributed by atoms with Gasteiger partial charge in [0.1, 0.15) is 11.6 Å². The molecule has 0 unspecified atom stereocenters. The molecule has 0 bridgehead atoms. The van der Waals surface area contributed by atoms with Crippen molar-refractivity contribution in [3.05, 3.63) is 59.9 Å². The number of carbonyl (C=O) groups excluding carboxylic acids is 1. The fourth-order valence-electron chi connectivity index (χ4n) is 3.77. The Morgan fingerprint density at radius 3 is 2.59 bits per heavy atom. The summed E-state index contributed by atoms with van der Waals surface area (Å²) in [5, 5.41) is 0. The third kappa shape index (κ3) is 3.97. The molecule has 1 N–H and O–H groups in total. The Bertz CT molecular complexity index is 876. The minimum Gasteiger partial charge on any atom is -0.497 e. The highest BCUT2D eigenvalue weighted by Gasteiger charge is 2.25. The van der Waals surface area contributed by atoms with E-state index < -0.39 is 0 Å². The first-order valence-electron chi connectivity index (χ1n) is 9.58. The van der Waals surface area contributed by atoms with Gasteiger partial charge in [0.15, 0.2) is 0 Å². The van der Waals surface area contributed by atoms with Crippen molar-refractivity contribution in [2.24, 2.45) is 0 Å². The molecule has 1 aliphatic rings. The fraction of sp³-hybridized carbons (Fsp3) is 0.364. The lowest BCUT2D eigenvalue weighted by Crippen LogP contribution is -2.38. The van der Waals surface area contributed by atoms with Gasteiger partial charge in [0.2, 0.25) is 5.91 Å². The van der Waals surface area contributed by atoms with Gasteiger partial charge in [0, 0.05) is 25.4 Å². The van der Waals surface area contributed by atoms with Gasteiger partial charge < -0.3 is 14.6 Å². The maximum Gasteiger partial charge on any atom is 0.222 e. The van der Waals surface area contributed by atoms with Gasteiger partial charge in [-0.1, -0.05) is 24.3 Å². The smallest absolute Gasteiger partial charge is 0.222 e. The number of likely N-dealkylation sites (tertiary alicyclic amines) is 1. The SMILES string of the molecule is COc1ccc(CCC(=O)N2CCC(c3nc4ccccc4[nH]3)CC2)cc1. The maximum absolute atomic E-state index is 12.6. The number of aromatic amines is 1. The molecule has 2 aromatic carbocycles. The predicted molar refractivity (Wildman–Crippen MR) is 106 cm³/mol. The second-order valence-electron chi connectivity index (χ2n) is 7.14. The summed E-state index contributed by atoms with van der Waals surface area (Å²) >= 11 is 0. The van der Waals surface area contributed by atoms with Crippen molar-refractivity contribution < 1.29 is 9.53 Å². The molecule has 0 aliphatic carbocycles. The van der Waals surface area contributed by atoms with Crippen LogP contribution in [0.4, 0.5) is 0 Å². The van der Waals surface area contributed by atoms with Gasteiger partial charge in [-0.3, -0.25) is 4.79 Å². The van der Waals surface area contributed by atoms with Gasteiger partial charge in [-0.05, 0) is 49.1 Å². The number of H-pyrrole nitrogens is 1. The van der Waals surface area contributed by atoms with E-state index in [1.807, 2.05) is 47.4 Å². The van der Waals surface area contributed by atoms with E-state index in [0.29, 0.717) is 12.3 Å². The summed E-state index contributed by atoms with van der Waals surface area (Å²) in [6.07, 6.45) is 3.26. The first-order chi connectivity index (χ1) is 13.2. The molecule has 1 aromatic heterocycles. The van der Waals surface area contributed by atoms with Crippen molar-refractivity contribution in [3.8, 4) is 5.75 Å². The normalized spacial score (nSPS) is 15.2. The second-order valence-corrected chi connectivity index (χ2v) is 7.14.